The van der Waals surface area contributed by atoms with Gasteiger partial charge in [-0.1, -0.05) is 29.8 Å². The number of ether oxygens (including phenoxy) is 1. The number of nitrogens with one attached hydrogen (secondary N) is 1. The number of likely N-dealkylation sites (tertiary alicyclic amines) is 1. The minimum atomic E-state index is -0.649. The number of methoxy groups -OCH3 is 1. The Morgan fingerprint density at radius 1 is 1.23 bits per heavy atom. The molecule has 1 aliphatic heterocycles. The number of hydroxylamine groups is 2. The van der Waals surface area contributed by atoms with Gasteiger partial charge in [0.05, 0.1) is 55.4 Å². The monoisotopic (exact) mass is 644 g/mol. The molecule has 5 rings (SSSR count). The quantitative estimate of drug-likeness (QED) is 0.170. The highest BCUT2D eigenvalue weighted by molar-refractivity contribution is 7.17. The minimum absolute atomic E-state index is 0.0967. The van der Waals surface area contributed by atoms with Crippen molar-refractivity contribution in [3.8, 4) is 0 Å². The van der Waals surface area contributed by atoms with Crippen LogP contribution in [-0.4, -0.2) is 66.6 Å². The van der Waals surface area contributed by atoms with Crippen molar-refractivity contribution >= 4 is 67.8 Å². The number of aryl methyl sites for hydroxylation is 1. The van der Waals surface area contributed by atoms with Crippen LogP contribution in [0.1, 0.15) is 44.7 Å². The molecule has 0 saturated carbocycles. The molecule has 1 fully saturated rings. The first-order valence-electron chi connectivity index (χ1n) is 13.5. The summed E-state index contributed by atoms with van der Waals surface area (Å²) < 4.78 is 21.0. The van der Waals surface area contributed by atoms with E-state index in [2.05, 4.69) is 10.3 Å². The summed E-state index contributed by atoms with van der Waals surface area (Å²) in [5.41, 5.74) is 0.718. The SMILES string of the molecule is COC(=O)CCc1cnc([C@@H]2C[C@H](N(C)OC)CN2C(=O)Cc2cc(Cl)c(NC(=O)c3csc4ccccc34)cc2F)s1. The van der Waals surface area contributed by atoms with Crippen LogP contribution in [0.2, 0.25) is 5.02 Å². The average Bonchev–Trinajstić information content (AvgIpc) is 3.76. The third-order valence-electron chi connectivity index (χ3n) is 7.51. The molecule has 2 aromatic carbocycles. The number of carbonyl (C=O) groups is 3. The number of halogens is 2. The second kappa shape index (κ2) is 13.5. The summed E-state index contributed by atoms with van der Waals surface area (Å²) in [7, 11) is 4.71. The Kier molecular flexibility index (Phi) is 9.72. The van der Waals surface area contributed by atoms with E-state index < -0.39 is 11.7 Å². The van der Waals surface area contributed by atoms with E-state index in [0.717, 1.165) is 26.0 Å². The summed E-state index contributed by atoms with van der Waals surface area (Å²) in [5.74, 6) is -1.64. The molecule has 3 heterocycles. The number of esters is 1. The molecule has 43 heavy (non-hydrogen) atoms. The number of hydrogen-bond donors (Lipinski definition) is 1. The lowest BCUT2D eigenvalue weighted by molar-refractivity contribution is -0.141. The summed E-state index contributed by atoms with van der Waals surface area (Å²) in [6.45, 7) is 0.364. The zero-order chi connectivity index (χ0) is 30.7. The second-order valence-corrected chi connectivity index (χ2v) is 12.6. The van der Waals surface area contributed by atoms with Crippen LogP contribution in [0.3, 0.4) is 0 Å². The van der Waals surface area contributed by atoms with Crippen LogP contribution in [0.5, 0.6) is 0 Å². The number of likely N-dealkylation sites (N-methyl/N-ethyl adjacent to an activating group) is 1. The van der Waals surface area contributed by atoms with E-state index in [1.54, 1.807) is 35.7 Å². The molecule has 2 amide bonds. The summed E-state index contributed by atoms with van der Waals surface area (Å²) >= 11 is 9.36. The van der Waals surface area contributed by atoms with Crippen LogP contribution in [0.25, 0.3) is 10.1 Å². The number of carbonyl (C=O) groups excluding carboxylic acids is 3. The van der Waals surface area contributed by atoms with Crippen LogP contribution in [-0.2, 0) is 32.0 Å². The van der Waals surface area contributed by atoms with Gasteiger partial charge in [0.15, 0.2) is 0 Å². The third-order valence-corrected chi connectivity index (χ3v) is 9.95. The van der Waals surface area contributed by atoms with Crippen molar-refractivity contribution in [2.45, 2.75) is 37.8 Å². The van der Waals surface area contributed by atoms with Gasteiger partial charge in [0.25, 0.3) is 5.91 Å². The number of fused-ring (bicyclic) bond motifs is 1. The zero-order valence-electron chi connectivity index (χ0n) is 23.8. The molecule has 1 saturated heterocycles. The van der Waals surface area contributed by atoms with Crippen molar-refractivity contribution in [2.24, 2.45) is 0 Å². The van der Waals surface area contributed by atoms with Gasteiger partial charge in [-0.25, -0.2) is 9.37 Å². The molecule has 1 aliphatic rings. The highest BCUT2D eigenvalue weighted by Gasteiger charge is 2.40. The Balaban J connectivity index is 1.32. The smallest absolute Gasteiger partial charge is 0.305 e. The molecule has 4 aromatic rings. The van der Waals surface area contributed by atoms with Crippen LogP contribution in [0.15, 0.2) is 48.0 Å². The summed E-state index contributed by atoms with van der Waals surface area (Å²) in [6, 6.07) is 9.62. The molecule has 2 aromatic heterocycles. The Bertz CT molecular complexity index is 1660. The Hall–Kier alpha value is -3.42. The topological polar surface area (TPSA) is 101 Å². The van der Waals surface area contributed by atoms with Crippen LogP contribution < -0.4 is 5.32 Å². The van der Waals surface area contributed by atoms with E-state index in [-0.39, 0.29) is 53.1 Å². The molecule has 0 radical (unpaired) electrons. The molecule has 0 aliphatic carbocycles. The van der Waals surface area contributed by atoms with Gasteiger partial charge in [0.1, 0.15) is 10.8 Å². The van der Waals surface area contributed by atoms with Gasteiger partial charge in [-0.05, 0) is 36.6 Å². The molecule has 9 nitrogen and oxygen atoms in total. The molecule has 13 heteroatoms. The van der Waals surface area contributed by atoms with Gasteiger partial charge in [0, 0.05) is 40.1 Å². The first kappa shape index (κ1) is 31.0. The lowest BCUT2D eigenvalue weighted by Crippen LogP contribution is -2.37. The van der Waals surface area contributed by atoms with Crippen LogP contribution >= 0.6 is 34.3 Å². The summed E-state index contributed by atoms with van der Waals surface area (Å²) in [5, 5.41) is 7.81. The number of benzene rings is 2. The van der Waals surface area contributed by atoms with Crippen LogP contribution in [0, 0.1) is 5.82 Å². The average molecular weight is 645 g/mol. The number of hydrogen-bond acceptors (Lipinski definition) is 9. The second-order valence-electron chi connectivity index (χ2n) is 10.1. The summed E-state index contributed by atoms with van der Waals surface area (Å²) in [4.78, 5) is 50.7. The van der Waals surface area contributed by atoms with E-state index in [4.69, 9.17) is 21.2 Å². The fourth-order valence-corrected chi connectivity index (χ4v) is 7.30. The number of thiazole rings is 1. The molecule has 0 unspecified atom stereocenters. The number of rotatable bonds is 10. The molecular formula is C30H30ClFN4O5S2. The highest BCUT2D eigenvalue weighted by atomic mass is 35.5. The van der Waals surface area contributed by atoms with Crippen molar-refractivity contribution in [1.82, 2.24) is 14.9 Å². The number of anilines is 1. The first-order chi connectivity index (χ1) is 20.7. The zero-order valence-corrected chi connectivity index (χ0v) is 26.2. The van der Waals surface area contributed by atoms with E-state index in [0.29, 0.717) is 24.9 Å². The van der Waals surface area contributed by atoms with E-state index in [1.807, 2.05) is 24.3 Å². The standard InChI is InChI=1S/C30H30ClFN4O5S2/c1-35(41-3)18-12-25(30-33-14-19(43-30)8-9-28(38)40-2)36(15-18)27(37)11-17-10-22(31)24(13-23(17)32)34-29(39)21-16-42-26-7-5-4-6-20(21)26/h4-7,10,13-14,16,18,25H,8-9,11-12,15H2,1-3H3,(H,34,39)/t18-,25-/m0/s1. The third kappa shape index (κ3) is 6.89. The van der Waals surface area contributed by atoms with E-state index in [1.165, 1.54) is 35.8 Å². The molecule has 0 bridgehead atoms. The van der Waals surface area contributed by atoms with E-state index in [9.17, 15) is 14.4 Å². The van der Waals surface area contributed by atoms with Gasteiger partial charge in [0.2, 0.25) is 5.91 Å². The maximum atomic E-state index is 15.3. The molecule has 1 N–H and O–H groups in total. The Labute approximate surface area is 261 Å². The lowest BCUT2D eigenvalue weighted by Gasteiger charge is -2.24. The summed E-state index contributed by atoms with van der Waals surface area (Å²) in [6.07, 6.45) is 2.79. The number of amides is 2. The van der Waals surface area contributed by atoms with Gasteiger partial charge in [-0.2, -0.15) is 5.06 Å². The van der Waals surface area contributed by atoms with E-state index >= 15 is 4.39 Å². The minimum Gasteiger partial charge on any atom is -0.469 e. The van der Waals surface area contributed by atoms with Gasteiger partial charge in [-0.3, -0.25) is 14.4 Å². The van der Waals surface area contributed by atoms with Gasteiger partial charge >= 0.3 is 5.97 Å². The highest BCUT2D eigenvalue weighted by Crippen LogP contribution is 2.37. The fourth-order valence-electron chi connectivity index (χ4n) is 5.08. The van der Waals surface area contributed by atoms with Crippen molar-refractivity contribution in [3.63, 3.8) is 0 Å². The van der Waals surface area contributed by atoms with Crippen LogP contribution in [0.4, 0.5) is 10.1 Å². The van der Waals surface area contributed by atoms with Crippen molar-refractivity contribution < 1.29 is 28.3 Å². The maximum absolute atomic E-state index is 15.3. The Morgan fingerprint density at radius 2 is 2.02 bits per heavy atom. The predicted octanol–water partition coefficient (Wildman–Crippen LogP) is 5.89. The number of thiophene rings is 1. The van der Waals surface area contributed by atoms with Gasteiger partial charge < -0.3 is 19.8 Å². The maximum Gasteiger partial charge on any atom is 0.305 e. The Morgan fingerprint density at radius 3 is 2.79 bits per heavy atom. The van der Waals surface area contributed by atoms with Crippen molar-refractivity contribution in [1.29, 1.82) is 0 Å². The molecular weight excluding hydrogens is 615 g/mol. The molecule has 2 atom stereocenters. The normalized spacial score (nSPS) is 16.7. The fraction of sp³-hybridized carbons (Fsp3) is 0.333. The predicted molar refractivity (Wildman–Crippen MR) is 165 cm³/mol. The first-order valence-corrected chi connectivity index (χ1v) is 15.6. The van der Waals surface area contributed by atoms with Crippen molar-refractivity contribution in [3.05, 3.63) is 79.8 Å². The molecule has 226 valence electrons. The van der Waals surface area contributed by atoms with Crippen molar-refractivity contribution in [2.75, 3.05) is 33.1 Å². The number of nitrogens with zero attached hydrogens (tertiary/aromatic N) is 3. The number of aromatic nitrogens is 1. The van der Waals surface area contributed by atoms with Gasteiger partial charge in [-0.15, -0.1) is 22.7 Å². The largest absolute Gasteiger partial charge is 0.469 e. The lowest BCUT2D eigenvalue weighted by atomic mass is 10.1. The molecule has 0 spiro atoms.